The van der Waals surface area contributed by atoms with Crippen LogP contribution in [0.3, 0.4) is 0 Å². The summed E-state index contributed by atoms with van der Waals surface area (Å²) < 4.78 is 17.7. The van der Waals surface area contributed by atoms with E-state index in [0.717, 1.165) is 5.39 Å². The zero-order valence-corrected chi connectivity index (χ0v) is 17.1. The summed E-state index contributed by atoms with van der Waals surface area (Å²) in [4.78, 5) is 25.7. The SMILES string of the molecule is CC(C)c1c(OC(=O)Oc2ccccc2)n(C(=O)Oc2ccccc2)c2ccccc12. The van der Waals surface area contributed by atoms with Crippen molar-refractivity contribution >= 4 is 23.2 Å². The van der Waals surface area contributed by atoms with Gasteiger partial charge in [-0.3, -0.25) is 0 Å². The highest BCUT2D eigenvalue weighted by molar-refractivity contribution is 5.96. The average Bonchev–Trinajstić information content (AvgIpc) is 3.09. The lowest BCUT2D eigenvalue weighted by molar-refractivity contribution is 0.147. The molecule has 0 fully saturated rings. The van der Waals surface area contributed by atoms with Crippen molar-refractivity contribution in [2.75, 3.05) is 0 Å². The number of benzene rings is 3. The Hall–Kier alpha value is -4.06. The minimum atomic E-state index is -0.940. The number of carbonyl (C=O) groups is 2. The van der Waals surface area contributed by atoms with Gasteiger partial charge in [0.25, 0.3) is 0 Å². The first-order valence-electron chi connectivity index (χ1n) is 9.90. The maximum absolute atomic E-state index is 13.1. The molecule has 4 rings (SSSR count). The molecular weight excluding hydrogens is 394 g/mol. The molecule has 1 heterocycles. The molecule has 0 bridgehead atoms. The first-order valence-corrected chi connectivity index (χ1v) is 9.90. The molecule has 0 aliphatic rings. The summed E-state index contributed by atoms with van der Waals surface area (Å²) in [5.41, 5.74) is 1.29. The van der Waals surface area contributed by atoms with Crippen molar-refractivity contribution in [3.05, 3.63) is 90.5 Å². The number of nitrogens with zero attached hydrogens (tertiary/aromatic N) is 1. The molecule has 0 saturated heterocycles. The quantitative estimate of drug-likeness (QED) is 0.285. The molecule has 156 valence electrons. The third kappa shape index (κ3) is 4.28. The van der Waals surface area contributed by atoms with E-state index in [1.54, 1.807) is 54.6 Å². The van der Waals surface area contributed by atoms with Crippen LogP contribution in [0.2, 0.25) is 0 Å². The minimum Gasteiger partial charge on any atom is -0.410 e. The van der Waals surface area contributed by atoms with Crippen molar-refractivity contribution in [3.63, 3.8) is 0 Å². The fourth-order valence-corrected chi connectivity index (χ4v) is 3.40. The summed E-state index contributed by atoms with van der Waals surface area (Å²) >= 11 is 0. The number of para-hydroxylation sites is 3. The number of ether oxygens (including phenoxy) is 3. The second-order valence-electron chi connectivity index (χ2n) is 7.17. The highest BCUT2D eigenvalue weighted by atomic mass is 16.7. The van der Waals surface area contributed by atoms with Gasteiger partial charge in [0.15, 0.2) is 0 Å². The molecule has 0 N–H and O–H groups in total. The van der Waals surface area contributed by atoms with Gasteiger partial charge in [0.1, 0.15) is 11.5 Å². The lowest BCUT2D eigenvalue weighted by Gasteiger charge is -2.13. The Morgan fingerprint density at radius 3 is 1.87 bits per heavy atom. The van der Waals surface area contributed by atoms with Gasteiger partial charge in [0.2, 0.25) is 5.88 Å². The van der Waals surface area contributed by atoms with Crippen molar-refractivity contribution in [2.24, 2.45) is 0 Å². The number of fused-ring (bicyclic) bond motifs is 1. The van der Waals surface area contributed by atoms with Crippen LogP contribution in [-0.4, -0.2) is 16.8 Å². The summed E-state index contributed by atoms with van der Waals surface area (Å²) in [6.45, 7) is 3.92. The third-order valence-corrected chi connectivity index (χ3v) is 4.70. The van der Waals surface area contributed by atoms with Crippen LogP contribution < -0.4 is 14.2 Å². The fraction of sp³-hybridized carbons (Fsp3) is 0.120. The Kier molecular flexibility index (Phi) is 5.71. The third-order valence-electron chi connectivity index (χ3n) is 4.70. The second kappa shape index (κ2) is 8.75. The van der Waals surface area contributed by atoms with Crippen molar-refractivity contribution in [1.29, 1.82) is 0 Å². The van der Waals surface area contributed by atoms with E-state index in [2.05, 4.69) is 0 Å². The number of carbonyl (C=O) groups excluding carboxylic acids is 2. The predicted octanol–water partition coefficient (Wildman–Crippen LogP) is 6.39. The first-order chi connectivity index (χ1) is 15.0. The Balaban J connectivity index is 1.76. The van der Waals surface area contributed by atoms with Crippen molar-refractivity contribution in [3.8, 4) is 17.4 Å². The highest BCUT2D eigenvalue weighted by Gasteiger charge is 2.28. The van der Waals surface area contributed by atoms with Crippen LogP contribution in [0.25, 0.3) is 10.9 Å². The molecular formula is C25H21NO5. The summed E-state index contributed by atoms with van der Waals surface area (Å²) in [5, 5.41) is 0.796. The zero-order valence-electron chi connectivity index (χ0n) is 17.1. The van der Waals surface area contributed by atoms with Crippen molar-refractivity contribution in [2.45, 2.75) is 19.8 Å². The summed E-state index contributed by atoms with van der Waals surface area (Å²) in [6.07, 6.45) is -1.62. The Morgan fingerprint density at radius 1 is 0.710 bits per heavy atom. The monoisotopic (exact) mass is 415 g/mol. The number of hydrogen-bond donors (Lipinski definition) is 0. The zero-order chi connectivity index (χ0) is 21.8. The van der Waals surface area contributed by atoms with E-state index in [0.29, 0.717) is 22.6 Å². The van der Waals surface area contributed by atoms with Crippen LogP contribution in [0.5, 0.6) is 17.4 Å². The van der Waals surface area contributed by atoms with Gasteiger partial charge in [0, 0.05) is 10.9 Å². The molecule has 0 unspecified atom stereocenters. The molecule has 0 saturated carbocycles. The van der Waals surface area contributed by atoms with E-state index in [1.807, 2.05) is 44.2 Å². The standard InChI is InChI=1S/C25H21NO5/c1-17(2)22-20-15-9-10-16-21(20)26(24(27)29-18-11-5-3-6-12-18)23(22)31-25(28)30-19-13-7-4-8-14-19/h3-17H,1-2H3. The molecule has 0 radical (unpaired) electrons. The van der Waals surface area contributed by atoms with Gasteiger partial charge in [-0.25, -0.2) is 14.2 Å². The van der Waals surface area contributed by atoms with Gasteiger partial charge in [-0.2, -0.15) is 0 Å². The topological polar surface area (TPSA) is 66.8 Å². The van der Waals surface area contributed by atoms with Gasteiger partial charge in [-0.15, -0.1) is 0 Å². The summed E-state index contributed by atoms with van der Waals surface area (Å²) in [6, 6.07) is 24.6. The Morgan fingerprint density at radius 2 is 1.26 bits per heavy atom. The van der Waals surface area contributed by atoms with Crippen LogP contribution in [0.15, 0.2) is 84.9 Å². The Bertz CT molecular complexity index is 1210. The molecule has 0 amide bonds. The summed E-state index contributed by atoms with van der Waals surface area (Å²) in [7, 11) is 0. The molecule has 31 heavy (non-hydrogen) atoms. The maximum atomic E-state index is 13.1. The Labute approximate surface area is 179 Å². The second-order valence-corrected chi connectivity index (χ2v) is 7.17. The molecule has 0 atom stereocenters. The first kappa shape index (κ1) is 20.2. The molecule has 3 aromatic carbocycles. The molecule has 6 nitrogen and oxygen atoms in total. The lowest BCUT2D eigenvalue weighted by atomic mass is 10.0. The van der Waals surface area contributed by atoms with Crippen molar-refractivity contribution in [1.82, 2.24) is 4.57 Å². The maximum Gasteiger partial charge on any atom is 0.520 e. The van der Waals surface area contributed by atoms with Gasteiger partial charge in [0.05, 0.1) is 5.52 Å². The lowest BCUT2D eigenvalue weighted by Crippen LogP contribution is -2.22. The van der Waals surface area contributed by atoms with Gasteiger partial charge < -0.3 is 14.2 Å². The van der Waals surface area contributed by atoms with Gasteiger partial charge in [-0.05, 0) is 36.2 Å². The number of hydrogen-bond acceptors (Lipinski definition) is 5. The van der Waals surface area contributed by atoms with E-state index in [9.17, 15) is 9.59 Å². The van der Waals surface area contributed by atoms with Gasteiger partial charge in [-0.1, -0.05) is 68.4 Å². The van der Waals surface area contributed by atoms with Gasteiger partial charge >= 0.3 is 12.2 Å². The number of aromatic nitrogens is 1. The summed E-state index contributed by atoms with van der Waals surface area (Å²) in [5.74, 6) is 0.774. The predicted molar refractivity (Wildman–Crippen MR) is 117 cm³/mol. The smallest absolute Gasteiger partial charge is 0.410 e. The van der Waals surface area contributed by atoms with Crippen LogP contribution in [0.4, 0.5) is 9.59 Å². The fourth-order valence-electron chi connectivity index (χ4n) is 3.40. The van der Waals surface area contributed by atoms with Crippen LogP contribution in [0, 0.1) is 0 Å². The largest absolute Gasteiger partial charge is 0.520 e. The van der Waals surface area contributed by atoms with E-state index >= 15 is 0 Å². The minimum absolute atomic E-state index is 0.0322. The molecule has 6 heteroatoms. The normalized spacial score (nSPS) is 10.8. The van der Waals surface area contributed by atoms with E-state index < -0.39 is 12.2 Å². The molecule has 1 aromatic heterocycles. The van der Waals surface area contributed by atoms with Crippen LogP contribution >= 0.6 is 0 Å². The molecule has 0 aliphatic heterocycles. The van der Waals surface area contributed by atoms with E-state index in [-0.39, 0.29) is 11.8 Å². The number of rotatable bonds is 4. The highest BCUT2D eigenvalue weighted by Crippen LogP contribution is 2.38. The molecule has 0 aliphatic carbocycles. The van der Waals surface area contributed by atoms with E-state index in [4.69, 9.17) is 14.2 Å². The van der Waals surface area contributed by atoms with Crippen molar-refractivity contribution < 1.29 is 23.8 Å². The molecule has 4 aromatic rings. The van der Waals surface area contributed by atoms with E-state index in [1.165, 1.54) is 4.57 Å². The molecule has 0 spiro atoms. The average molecular weight is 415 g/mol. The van der Waals surface area contributed by atoms with Crippen LogP contribution in [-0.2, 0) is 0 Å². The van der Waals surface area contributed by atoms with Crippen LogP contribution in [0.1, 0.15) is 25.3 Å².